The van der Waals surface area contributed by atoms with Gasteiger partial charge in [0.25, 0.3) is 0 Å². The van der Waals surface area contributed by atoms with Gasteiger partial charge in [0.2, 0.25) is 20.1 Å². The van der Waals surface area contributed by atoms with Crippen molar-refractivity contribution in [2.45, 2.75) is 73.0 Å². The van der Waals surface area contributed by atoms with Crippen molar-refractivity contribution in [3.8, 4) is 0 Å². The van der Waals surface area contributed by atoms with Crippen LogP contribution in [0.4, 0.5) is 0 Å². The second-order valence-corrected chi connectivity index (χ2v) is 25.7. The Morgan fingerprint density at radius 1 is 0.522 bits per heavy atom. The predicted octanol–water partition coefficient (Wildman–Crippen LogP) is 9.31. The number of thioether (sulfide) groups is 2. The molecule has 7 aromatic rings. The molecule has 0 radical (unpaired) electrons. The average Bonchev–Trinajstić information content (AvgIpc) is 3.40. The summed E-state index contributed by atoms with van der Waals surface area (Å²) in [7, 11) is 0. The lowest BCUT2D eigenvalue weighted by Crippen LogP contribution is -2.58. The Morgan fingerprint density at radius 3 is 1.75 bits per heavy atom. The number of hydrogen-bond acceptors (Lipinski definition) is 9. The van der Waals surface area contributed by atoms with Crippen molar-refractivity contribution < 1.29 is 0 Å². The molecule has 4 atom stereocenters. The van der Waals surface area contributed by atoms with Crippen molar-refractivity contribution in [2.75, 3.05) is 0 Å². The van der Waals surface area contributed by atoms with Crippen LogP contribution in [0, 0.1) is 0 Å². The molecule has 7 aromatic carbocycles. The number of hydrogen-bond donors (Lipinski definition) is 1. The van der Waals surface area contributed by atoms with Crippen molar-refractivity contribution in [1.82, 2.24) is 5.32 Å². The summed E-state index contributed by atoms with van der Waals surface area (Å²) in [6.45, 7) is 0.635. The summed E-state index contributed by atoms with van der Waals surface area (Å²) in [5.41, 5.74) is 14.8. The molecule has 12 heteroatoms. The third-order valence-corrected chi connectivity index (χ3v) is 22.6. The van der Waals surface area contributed by atoms with E-state index in [-0.39, 0.29) is 19.6 Å². The van der Waals surface area contributed by atoms with Gasteiger partial charge in [-0.3, -0.25) is 0 Å². The van der Waals surface area contributed by atoms with Gasteiger partial charge in [-0.1, -0.05) is 201 Å². The molecule has 0 spiro atoms. The van der Waals surface area contributed by atoms with Crippen LogP contribution in [-0.2, 0) is 0 Å². The third kappa shape index (κ3) is 6.28. The fourth-order valence-electron chi connectivity index (χ4n) is 12.2. The molecular formula is C57H36B3N3S6. The second kappa shape index (κ2) is 15.7. The van der Waals surface area contributed by atoms with Gasteiger partial charge in [-0.25, -0.2) is 9.98 Å². The highest BCUT2D eigenvalue weighted by molar-refractivity contribution is 8.05. The summed E-state index contributed by atoms with van der Waals surface area (Å²) in [6, 6.07) is 54.9. The SMILES string of the molecule is C1=CC2=C3B(c4ccccc4SC3C1)C1C=C(C3N=C(c4ccc5c(c4)B4c6ccccc6Sc6cccc(c64)S5)N=C(c4ccc5c(c4)B4c6ccccc6Sc6cccc(c64)S5)N3)C=CC1S2. The van der Waals surface area contributed by atoms with Gasteiger partial charge in [-0.15, -0.1) is 23.5 Å². The quantitative estimate of drug-likeness (QED) is 0.177. The minimum absolute atomic E-state index is 0.146. The lowest BCUT2D eigenvalue weighted by molar-refractivity contribution is 0.720. The van der Waals surface area contributed by atoms with Crippen molar-refractivity contribution in [3.05, 3.63) is 203 Å². The summed E-state index contributed by atoms with van der Waals surface area (Å²) < 4.78 is 0. The minimum atomic E-state index is -0.325. The van der Waals surface area contributed by atoms with Gasteiger partial charge >= 0.3 is 0 Å². The van der Waals surface area contributed by atoms with E-state index >= 15 is 0 Å². The number of allylic oxidation sites excluding steroid dienone is 3. The summed E-state index contributed by atoms with van der Waals surface area (Å²) in [5, 5.41) is 4.82. The van der Waals surface area contributed by atoms with E-state index in [1.807, 2.05) is 47.0 Å². The predicted molar refractivity (Wildman–Crippen MR) is 299 cm³/mol. The fourth-order valence-corrected chi connectivity index (χ4v) is 19.9. The first kappa shape index (κ1) is 40.6. The number of nitrogens with zero attached hydrogens (tertiary/aromatic N) is 2. The Kier molecular flexibility index (Phi) is 9.26. The molecule has 9 aliphatic rings. The van der Waals surface area contributed by atoms with Crippen LogP contribution in [0.25, 0.3) is 0 Å². The molecule has 7 heterocycles. The molecule has 1 N–H and O–H groups in total. The molecule has 7 aliphatic heterocycles. The molecule has 16 rings (SSSR count). The van der Waals surface area contributed by atoms with E-state index in [0.717, 1.165) is 29.2 Å². The molecule has 3 nitrogen and oxygen atoms in total. The zero-order valence-electron chi connectivity index (χ0n) is 36.8. The summed E-state index contributed by atoms with van der Waals surface area (Å²) >= 11 is 11.7. The third-order valence-electron chi connectivity index (χ3n) is 15.2. The van der Waals surface area contributed by atoms with Gasteiger partial charge in [-0.05, 0) is 88.2 Å². The van der Waals surface area contributed by atoms with Gasteiger partial charge in [0, 0.05) is 65.7 Å². The van der Waals surface area contributed by atoms with Crippen molar-refractivity contribution in [3.63, 3.8) is 0 Å². The highest BCUT2D eigenvalue weighted by Crippen LogP contribution is 2.53. The molecule has 2 aliphatic carbocycles. The first-order valence-electron chi connectivity index (χ1n) is 23.7. The van der Waals surface area contributed by atoms with E-state index in [0.29, 0.717) is 23.0 Å². The van der Waals surface area contributed by atoms with Gasteiger partial charge in [0.1, 0.15) is 12.0 Å². The molecule has 0 amide bonds. The molecule has 69 heavy (non-hydrogen) atoms. The van der Waals surface area contributed by atoms with E-state index in [1.165, 1.54) is 92.8 Å². The molecule has 0 saturated heterocycles. The van der Waals surface area contributed by atoms with E-state index in [1.54, 1.807) is 5.47 Å². The first-order chi connectivity index (χ1) is 34.1. The van der Waals surface area contributed by atoms with Gasteiger partial charge in [0.05, 0.1) is 0 Å². The molecule has 0 fully saturated rings. The standard InChI is InChI=1S/C57H36B3N3S6/c1-4-13-40-34(10-1)58-37-28-31(22-25-43(37)67-49-19-7-16-46(64-40)52(49)58)55-61-56(32-23-26-44-38(29-32)59-35-11-2-5-14-41(35)65-47-17-8-20-50(68-44)53(47)59)63-57(62-55)33-24-27-45-39(30-33)60-36-12-3-6-15-42(36)66-48-18-9-21-51(69-45)54(48)60/h1-17,19-30,39,45,48,57H,18H2,(H,61,62,63). The van der Waals surface area contributed by atoms with Crippen LogP contribution in [0.5, 0.6) is 0 Å². The van der Waals surface area contributed by atoms with Crippen LogP contribution in [0.15, 0.2) is 246 Å². The first-order valence-corrected chi connectivity index (χ1v) is 28.8. The second-order valence-electron chi connectivity index (χ2n) is 18.9. The number of benzene rings is 7. The van der Waals surface area contributed by atoms with Crippen LogP contribution >= 0.6 is 70.6 Å². The zero-order chi connectivity index (χ0) is 44.9. The van der Waals surface area contributed by atoms with Gasteiger partial charge in [-0.2, -0.15) is 0 Å². The van der Waals surface area contributed by atoms with Crippen LogP contribution in [0.1, 0.15) is 17.5 Å². The number of rotatable bonds is 3. The lowest BCUT2D eigenvalue weighted by atomic mass is 9.30. The minimum Gasteiger partial charge on any atom is -0.344 e. The monoisotopic (exact) mass is 987 g/mol. The Labute approximate surface area is 428 Å². The van der Waals surface area contributed by atoms with E-state index in [2.05, 4.69) is 205 Å². The maximum absolute atomic E-state index is 5.66. The number of nitrogens with one attached hydrogen (secondary N) is 1. The normalized spacial score (nSPS) is 22.2. The Morgan fingerprint density at radius 2 is 1.09 bits per heavy atom. The van der Waals surface area contributed by atoms with Crippen LogP contribution in [-0.4, -0.2) is 48.5 Å². The number of fused-ring (bicyclic) bond motifs is 12. The summed E-state index contributed by atoms with van der Waals surface area (Å²) in [6.07, 6.45) is 13.0. The Hall–Kier alpha value is -5.07. The highest BCUT2D eigenvalue weighted by atomic mass is 32.2. The maximum atomic E-state index is 5.66. The zero-order valence-corrected chi connectivity index (χ0v) is 41.7. The largest absolute Gasteiger partial charge is 0.344 e. The molecule has 0 aromatic heterocycles. The lowest BCUT2D eigenvalue weighted by Gasteiger charge is -2.45. The molecule has 0 bridgehead atoms. The van der Waals surface area contributed by atoms with Crippen LogP contribution in [0.2, 0.25) is 5.82 Å². The van der Waals surface area contributed by atoms with Crippen molar-refractivity contribution in [1.29, 1.82) is 0 Å². The topological polar surface area (TPSA) is 36.8 Å². The number of aliphatic imine (C=N–C) groups is 2. The van der Waals surface area contributed by atoms with Crippen molar-refractivity contribution >= 4 is 141 Å². The summed E-state index contributed by atoms with van der Waals surface area (Å²) in [4.78, 5) is 24.9. The highest BCUT2D eigenvalue weighted by Gasteiger charge is 2.48. The van der Waals surface area contributed by atoms with Crippen molar-refractivity contribution in [2.24, 2.45) is 9.98 Å². The fraction of sp³-hybridized carbons (Fsp3) is 0.0877. The van der Waals surface area contributed by atoms with Crippen LogP contribution < -0.4 is 43.6 Å². The van der Waals surface area contributed by atoms with E-state index in [4.69, 9.17) is 9.98 Å². The molecule has 0 saturated carbocycles. The van der Waals surface area contributed by atoms with Gasteiger partial charge in [0.15, 0.2) is 5.84 Å². The maximum Gasteiger partial charge on any atom is 0.247 e. The summed E-state index contributed by atoms with van der Waals surface area (Å²) in [5.74, 6) is 1.95. The average molecular weight is 988 g/mol. The molecular weight excluding hydrogens is 951 g/mol. The molecule has 324 valence electrons. The van der Waals surface area contributed by atoms with E-state index < -0.39 is 0 Å². The van der Waals surface area contributed by atoms with Crippen LogP contribution in [0.3, 0.4) is 0 Å². The van der Waals surface area contributed by atoms with E-state index in [9.17, 15) is 0 Å². The number of amidine groups is 2. The Balaban J connectivity index is 0.848. The molecule has 4 unspecified atom stereocenters. The Bertz CT molecular complexity index is 3640. The smallest absolute Gasteiger partial charge is 0.247 e. The van der Waals surface area contributed by atoms with Gasteiger partial charge < -0.3 is 5.32 Å².